The summed E-state index contributed by atoms with van der Waals surface area (Å²) >= 11 is 0. The number of aryl methyl sites for hydroxylation is 2. The number of nitrogens with zero attached hydrogens (tertiary/aromatic N) is 4. The Labute approximate surface area is 159 Å². The Morgan fingerprint density at radius 1 is 1.26 bits per heavy atom. The van der Waals surface area contributed by atoms with Crippen molar-refractivity contribution >= 4 is 5.91 Å². The maximum absolute atomic E-state index is 13.0. The van der Waals surface area contributed by atoms with Crippen LogP contribution in [0.25, 0.3) is 0 Å². The Kier molecular flexibility index (Phi) is 6.21. The number of amides is 1. The van der Waals surface area contributed by atoms with E-state index >= 15 is 0 Å². The van der Waals surface area contributed by atoms with Gasteiger partial charge in [-0.3, -0.25) is 9.69 Å². The molecule has 1 aliphatic heterocycles. The van der Waals surface area contributed by atoms with Crippen LogP contribution in [-0.4, -0.2) is 45.2 Å². The third-order valence-corrected chi connectivity index (χ3v) is 5.17. The highest BCUT2D eigenvalue weighted by Gasteiger charge is 2.25. The molecule has 1 amide bonds. The molecule has 1 atom stereocenters. The molecular weight excluding hydrogens is 345 g/mol. The Morgan fingerprint density at radius 2 is 1.93 bits per heavy atom. The summed E-state index contributed by atoms with van der Waals surface area (Å²) in [4.78, 5) is 19.1. The first kappa shape index (κ1) is 19.5. The molecule has 1 unspecified atom stereocenters. The van der Waals surface area contributed by atoms with Crippen LogP contribution in [0.1, 0.15) is 43.0 Å². The summed E-state index contributed by atoms with van der Waals surface area (Å²) in [6.07, 6.45) is 1.70. The van der Waals surface area contributed by atoms with Gasteiger partial charge in [-0.1, -0.05) is 12.1 Å². The van der Waals surface area contributed by atoms with E-state index in [1.807, 2.05) is 37.6 Å². The lowest BCUT2D eigenvalue weighted by Gasteiger charge is -2.31. The Hall–Kier alpha value is -2.28. The zero-order valence-corrected chi connectivity index (χ0v) is 16.3. The lowest BCUT2D eigenvalue weighted by molar-refractivity contribution is -0.126. The van der Waals surface area contributed by atoms with E-state index in [1.54, 1.807) is 0 Å². The molecule has 6 nitrogen and oxygen atoms in total. The second-order valence-electron chi connectivity index (χ2n) is 7.42. The fourth-order valence-corrected chi connectivity index (χ4v) is 3.63. The minimum atomic E-state index is -0.209. The fraction of sp³-hybridized carbons (Fsp3) is 0.550. The van der Waals surface area contributed by atoms with Crippen LogP contribution >= 0.6 is 0 Å². The molecule has 7 heteroatoms. The molecular formula is C20H28FN5O. The average molecular weight is 373 g/mol. The quantitative estimate of drug-likeness (QED) is 0.846. The van der Waals surface area contributed by atoms with E-state index in [0.29, 0.717) is 6.54 Å². The van der Waals surface area contributed by atoms with E-state index in [4.69, 9.17) is 0 Å². The number of hydrogen-bond acceptors (Lipinski definition) is 4. The third kappa shape index (κ3) is 5.13. The van der Waals surface area contributed by atoms with Crippen molar-refractivity contribution in [3.05, 3.63) is 47.3 Å². The first-order valence-electron chi connectivity index (χ1n) is 9.56. The summed E-state index contributed by atoms with van der Waals surface area (Å²) in [5, 5.41) is 7.45. The van der Waals surface area contributed by atoms with E-state index in [-0.39, 0.29) is 23.7 Å². The molecule has 1 aromatic carbocycles. The van der Waals surface area contributed by atoms with Gasteiger partial charge in [0.1, 0.15) is 17.5 Å². The molecule has 0 spiro atoms. The Morgan fingerprint density at radius 3 is 2.52 bits per heavy atom. The largest absolute Gasteiger partial charge is 0.354 e. The highest BCUT2D eigenvalue weighted by atomic mass is 19.1. The van der Waals surface area contributed by atoms with Gasteiger partial charge in [0.2, 0.25) is 5.91 Å². The van der Waals surface area contributed by atoms with E-state index in [2.05, 4.69) is 20.3 Å². The molecule has 1 N–H and O–H groups in total. The van der Waals surface area contributed by atoms with Crippen molar-refractivity contribution in [2.75, 3.05) is 19.6 Å². The van der Waals surface area contributed by atoms with Gasteiger partial charge < -0.3 is 5.32 Å². The molecule has 1 aromatic heterocycles. The van der Waals surface area contributed by atoms with Gasteiger partial charge in [-0.05, 0) is 64.4 Å². The molecule has 27 heavy (non-hydrogen) atoms. The number of rotatable bonds is 6. The van der Waals surface area contributed by atoms with Gasteiger partial charge in [-0.25, -0.2) is 14.1 Å². The Balaban J connectivity index is 1.43. The van der Waals surface area contributed by atoms with Crippen LogP contribution in [-0.2, 0) is 11.3 Å². The van der Waals surface area contributed by atoms with Crippen LogP contribution in [0.15, 0.2) is 24.3 Å². The van der Waals surface area contributed by atoms with E-state index in [1.165, 1.54) is 12.1 Å². The number of halogens is 1. The molecule has 0 bridgehead atoms. The summed E-state index contributed by atoms with van der Waals surface area (Å²) < 4.78 is 14.9. The number of likely N-dealkylation sites (tertiary alicyclic amines) is 1. The predicted octanol–water partition coefficient (Wildman–Crippen LogP) is 2.62. The number of nitrogens with one attached hydrogen (secondary N) is 1. The van der Waals surface area contributed by atoms with Crippen molar-refractivity contribution < 1.29 is 9.18 Å². The van der Waals surface area contributed by atoms with Crippen molar-refractivity contribution in [1.82, 2.24) is 25.0 Å². The van der Waals surface area contributed by atoms with Crippen LogP contribution in [0.2, 0.25) is 0 Å². The van der Waals surface area contributed by atoms with Gasteiger partial charge in [0, 0.05) is 19.0 Å². The van der Waals surface area contributed by atoms with Gasteiger partial charge in [0.05, 0.1) is 6.04 Å². The maximum atomic E-state index is 13.0. The SMILES string of the molecule is Cc1nc(C)n(C(C)CNC(=O)C2CCN(Cc3ccc(F)cc3)CC2)n1. The number of piperidine rings is 1. The maximum Gasteiger partial charge on any atom is 0.223 e. The predicted molar refractivity (Wildman–Crippen MR) is 102 cm³/mol. The van der Waals surface area contributed by atoms with Gasteiger partial charge in [-0.15, -0.1) is 0 Å². The summed E-state index contributed by atoms with van der Waals surface area (Å²) in [5.41, 5.74) is 1.10. The second-order valence-corrected chi connectivity index (χ2v) is 7.42. The Bertz CT molecular complexity index is 765. The number of hydrogen-bond donors (Lipinski definition) is 1. The number of carbonyl (C=O) groups excluding carboxylic acids is 1. The molecule has 1 aliphatic rings. The molecule has 146 valence electrons. The van der Waals surface area contributed by atoms with E-state index in [9.17, 15) is 9.18 Å². The molecule has 1 fully saturated rings. The number of carbonyl (C=O) groups is 1. The number of benzene rings is 1. The lowest BCUT2D eigenvalue weighted by atomic mass is 9.95. The molecule has 3 rings (SSSR count). The molecule has 1 saturated heterocycles. The van der Waals surface area contributed by atoms with Crippen LogP contribution in [0.5, 0.6) is 0 Å². The summed E-state index contributed by atoms with van der Waals surface area (Å²) in [6.45, 7) is 8.95. The molecule has 0 saturated carbocycles. The molecule has 2 aromatic rings. The van der Waals surface area contributed by atoms with Crippen molar-refractivity contribution in [2.45, 2.75) is 46.2 Å². The van der Waals surface area contributed by atoms with Crippen molar-refractivity contribution in [3.8, 4) is 0 Å². The van der Waals surface area contributed by atoms with Gasteiger partial charge in [0.15, 0.2) is 0 Å². The third-order valence-electron chi connectivity index (χ3n) is 5.17. The van der Waals surface area contributed by atoms with Crippen LogP contribution in [0, 0.1) is 25.6 Å². The smallest absolute Gasteiger partial charge is 0.223 e. The van der Waals surface area contributed by atoms with Crippen molar-refractivity contribution in [3.63, 3.8) is 0 Å². The topological polar surface area (TPSA) is 63.1 Å². The minimum Gasteiger partial charge on any atom is -0.354 e. The average Bonchev–Trinajstić information content (AvgIpc) is 3.00. The normalized spacial score (nSPS) is 17.0. The number of aromatic nitrogens is 3. The first-order chi connectivity index (χ1) is 12.9. The van der Waals surface area contributed by atoms with Gasteiger partial charge in [-0.2, -0.15) is 5.10 Å². The second kappa shape index (κ2) is 8.61. The monoisotopic (exact) mass is 373 g/mol. The van der Waals surface area contributed by atoms with Crippen molar-refractivity contribution in [1.29, 1.82) is 0 Å². The molecule has 0 radical (unpaired) electrons. The van der Waals surface area contributed by atoms with Gasteiger partial charge >= 0.3 is 0 Å². The summed E-state index contributed by atoms with van der Waals surface area (Å²) in [6, 6.07) is 6.71. The summed E-state index contributed by atoms with van der Waals surface area (Å²) in [5.74, 6) is 1.58. The highest BCUT2D eigenvalue weighted by molar-refractivity contribution is 5.78. The minimum absolute atomic E-state index is 0.0558. The standard InChI is InChI=1S/C20H28FN5O/c1-14(26-16(3)23-15(2)24-26)12-22-20(27)18-8-10-25(11-9-18)13-17-4-6-19(21)7-5-17/h4-7,14,18H,8-13H2,1-3H3,(H,22,27). The zero-order chi connectivity index (χ0) is 19.4. The fourth-order valence-electron chi connectivity index (χ4n) is 3.63. The summed E-state index contributed by atoms with van der Waals surface area (Å²) in [7, 11) is 0. The van der Waals surface area contributed by atoms with E-state index in [0.717, 1.165) is 49.7 Å². The molecule has 2 heterocycles. The zero-order valence-electron chi connectivity index (χ0n) is 16.3. The van der Waals surface area contributed by atoms with Crippen LogP contribution < -0.4 is 5.32 Å². The van der Waals surface area contributed by atoms with Crippen molar-refractivity contribution in [2.24, 2.45) is 5.92 Å². The highest BCUT2D eigenvalue weighted by Crippen LogP contribution is 2.19. The van der Waals surface area contributed by atoms with E-state index < -0.39 is 0 Å². The van der Waals surface area contributed by atoms with Gasteiger partial charge in [0.25, 0.3) is 0 Å². The lowest BCUT2D eigenvalue weighted by Crippen LogP contribution is -2.41. The van der Waals surface area contributed by atoms with Crippen LogP contribution in [0.4, 0.5) is 4.39 Å². The first-order valence-corrected chi connectivity index (χ1v) is 9.56. The molecule has 0 aliphatic carbocycles. The van der Waals surface area contributed by atoms with Crippen LogP contribution in [0.3, 0.4) is 0 Å².